The first-order valence-electron chi connectivity index (χ1n) is 6.70. The summed E-state index contributed by atoms with van der Waals surface area (Å²) in [4.78, 5) is 3.91. The number of nitrogens with one attached hydrogen (secondary N) is 3. The second kappa shape index (κ2) is 6.83. The Labute approximate surface area is 123 Å². The molecule has 0 saturated carbocycles. The molecule has 2 heterocycles. The lowest BCUT2D eigenvalue weighted by atomic mass is 10.3. The summed E-state index contributed by atoms with van der Waals surface area (Å²) in [5, 5.41) is 9.35. The van der Waals surface area contributed by atoms with Crippen LogP contribution < -0.4 is 10.0 Å². The Bertz CT molecular complexity index is 650. The van der Waals surface area contributed by atoms with Crippen LogP contribution in [0.4, 0.5) is 0 Å². The van der Waals surface area contributed by atoms with Crippen LogP contribution in [-0.4, -0.2) is 30.1 Å². The van der Waals surface area contributed by atoms with Crippen LogP contribution in [-0.2, 0) is 16.6 Å². The van der Waals surface area contributed by atoms with Crippen molar-refractivity contribution in [2.45, 2.75) is 37.9 Å². The van der Waals surface area contributed by atoms with Gasteiger partial charge in [0.2, 0.25) is 5.09 Å². The van der Waals surface area contributed by atoms with Crippen molar-refractivity contribution in [3.8, 4) is 0 Å². The van der Waals surface area contributed by atoms with Crippen LogP contribution >= 0.6 is 0 Å². The van der Waals surface area contributed by atoms with Crippen molar-refractivity contribution in [2.75, 3.05) is 6.54 Å². The number of sulfonamides is 1. The monoisotopic (exact) mass is 313 g/mol. The van der Waals surface area contributed by atoms with Crippen LogP contribution in [0.25, 0.3) is 0 Å². The maximum atomic E-state index is 12.2. The van der Waals surface area contributed by atoms with E-state index in [2.05, 4.69) is 32.1 Å². The van der Waals surface area contributed by atoms with Crippen molar-refractivity contribution in [2.24, 2.45) is 0 Å². The fraction of sp³-hybridized carbons (Fsp3) is 0.500. The Kier molecular flexibility index (Phi) is 5.10. The molecule has 0 aliphatic rings. The molecule has 9 heteroatoms. The third-order valence-corrected chi connectivity index (χ3v) is 4.22. The van der Waals surface area contributed by atoms with E-state index in [0.717, 1.165) is 13.0 Å². The SMILES string of the molecule is CCCNCc1ccc(S(=O)(=O)NC(C)c2ncn[nH]2)o1. The zero-order valence-electron chi connectivity index (χ0n) is 12.0. The molecule has 0 spiro atoms. The van der Waals surface area contributed by atoms with Gasteiger partial charge in [0.25, 0.3) is 10.0 Å². The molecule has 8 nitrogen and oxygen atoms in total. The molecule has 0 fully saturated rings. The van der Waals surface area contributed by atoms with Crippen LogP contribution in [0.15, 0.2) is 28.0 Å². The molecule has 2 aromatic rings. The van der Waals surface area contributed by atoms with E-state index >= 15 is 0 Å². The number of furan rings is 1. The summed E-state index contributed by atoms with van der Waals surface area (Å²) in [7, 11) is -3.73. The number of aromatic nitrogens is 3. The maximum absolute atomic E-state index is 12.2. The number of nitrogens with zero attached hydrogens (tertiary/aromatic N) is 2. The molecular formula is C12H19N5O3S. The Balaban J connectivity index is 2.02. The van der Waals surface area contributed by atoms with E-state index in [4.69, 9.17) is 4.42 Å². The summed E-state index contributed by atoms with van der Waals surface area (Å²) in [6, 6.07) is 2.57. The van der Waals surface area contributed by atoms with Crippen molar-refractivity contribution in [3.05, 3.63) is 30.0 Å². The summed E-state index contributed by atoms with van der Waals surface area (Å²) in [6.07, 6.45) is 2.33. The van der Waals surface area contributed by atoms with Gasteiger partial charge in [-0.05, 0) is 32.0 Å². The lowest BCUT2D eigenvalue weighted by Gasteiger charge is -2.09. The summed E-state index contributed by atoms with van der Waals surface area (Å²) >= 11 is 0. The molecule has 2 aromatic heterocycles. The molecule has 0 radical (unpaired) electrons. The van der Waals surface area contributed by atoms with Crippen molar-refractivity contribution < 1.29 is 12.8 Å². The quantitative estimate of drug-likeness (QED) is 0.625. The Morgan fingerprint density at radius 3 is 2.90 bits per heavy atom. The summed E-state index contributed by atoms with van der Waals surface area (Å²) in [5.74, 6) is 1.02. The fourth-order valence-corrected chi connectivity index (χ4v) is 2.91. The zero-order valence-corrected chi connectivity index (χ0v) is 12.8. The van der Waals surface area contributed by atoms with E-state index in [1.165, 1.54) is 12.4 Å². The molecule has 1 unspecified atom stereocenters. The standard InChI is InChI=1S/C12H19N5O3S/c1-3-6-13-7-10-4-5-11(20-10)21(18,19)17-9(2)12-14-8-15-16-12/h4-5,8-9,13,17H,3,6-7H2,1-2H3,(H,14,15,16). The van der Waals surface area contributed by atoms with Crippen molar-refractivity contribution in [3.63, 3.8) is 0 Å². The van der Waals surface area contributed by atoms with Gasteiger partial charge in [0.1, 0.15) is 17.9 Å². The van der Waals surface area contributed by atoms with E-state index in [1.54, 1.807) is 13.0 Å². The van der Waals surface area contributed by atoms with Gasteiger partial charge in [0.05, 0.1) is 12.6 Å². The minimum absolute atomic E-state index is 0.109. The van der Waals surface area contributed by atoms with Crippen LogP contribution in [0.5, 0.6) is 0 Å². The van der Waals surface area contributed by atoms with Gasteiger partial charge in [0.15, 0.2) is 0 Å². The van der Waals surface area contributed by atoms with Gasteiger partial charge in [-0.1, -0.05) is 6.92 Å². The predicted molar refractivity (Wildman–Crippen MR) is 75.8 cm³/mol. The first kappa shape index (κ1) is 15.7. The van der Waals surface area contributed by atoms with Crippen molar-refractivity contribution in [1.82, 2.24) is 25.2 Å². The normalized spacial score (nSPS) is 13.4. The van der Waals surface area contributed by atoms with Gasteiger partial charge in [-0.2, -0.15) is 9.82 Å². The molecule has 3 N–H and O–H groups in total. The van der Waals surface area contributed by atoms with Gasteiger partial charge in [-0.15, -0.1) is 0 Å². The molecule has 0 bridgehead atoms. The maximum Gasteiger partial charge on any atom is 0.274 e. The third-order valence-electron chi connectivity index (χ3n) is 2.80. The van der Waals surface area contributed by atoms with Crippen molar-refractivity contribution >= 4 is 10.0 Å². The van der Waals surface area contributed by atoms with E-state index < -0.39 is 16.1 Å². The Morgan fingerprint density at radius 2 is 2.24 bits per heavy atom. The van der Waals surface area contributed by atoms with Gasteiger partial charge < -0.3 is 9.73 Å². The first-order valence-corrected chi connectivity index (χ1v) is 8.18. The largest absolute Gasteiger partial charge is 0.447 e. The Hall–Kier alpha value is -1.71. The molecule has 0 aliphatic carbocycles. The fourth-order valence-electron chi connectivity index (χ4n) is 1.76. The first-order chi connectivity index (χ1) is 10.0. The van der Waals surface area contributed by atoms with E-state index in [-0.39, 0.29) is 5.09 Å². The second-order valence-electron chi connectivity index (χ2n) is 4.61. The predicted octanol–water partition coefficient (Wildman–Crippen LogP) is 0.937. The molecular weight excluding hydrogens is 294 g/mol. The highest BCUT2D eigenvalue weighted by atomic mass is 32.2. The van der Waals surface area contributed by atoms with E-state index in [9.17, 15) is 8.42 Å². The summed E-state index contributed by atoms with van der Waals surface area (Å²) in [6.45, 7) is 5.08. The van der Waals surface area contributed by atoms with Crippen LogP contribution in [0.1, 0.15) is 37.9 Å². The number of rotatable bonds is 8. The van der Waals surface area contributed by atoms with Gasteiger partial charge in [-0.25, -0.2) is 13.4 Å². The lowest BCUT2D eigenvalue weighted by Crippen LogP contribution is -2.27. The summed E-state index contributed by atoms with van der Waals surface area (Å²) in [5.41, 5.74) is 0. The lowest BCUT2D eigenvalue weighted by molar-refractivity contribution is 0.398. The molecule has 2 rings (SSSR count). The van der Waals surface area contributed by atoms with E-state index in [0.29, 0.717) is 18.1 Å². The van der Waals surface area contributed by atoms with Crippen LogP contribution in [0.3, 0.4) is 0 Å². The number of hydrogen-bond acceptors (Lipinski definition) is 6. The van der Waals surface area contributed by atoms with Crippen LogP contribution in [0.2, 0.25) is 0 Å². The molecule has 0 aliphatic heterocycles. The highest BCUT2D eigenvalue weighted by Gasteiger charge is 2.23. The van der Waals surface area contributed by atoms with Crippen LogP contribution in [0, 0.1) is 0 Å². The molecule has 1 atom stereocenters. The molecule has 21 heavy (non-hydrogen) atoms. The minimum Gasteiger partial charge on any atom is -0.447 e. The topological polar surface area (TPSA) is 113 Å². The highest BCUT2D eigenvalue weighted by Crippen LogP contribution is 2.16. The van der Waals surface area contributed by atoms with Crippen molar-refractivity contribution in [1.29, 1.82) is 0 Å². The average Bonchev–Trinajstić information content (AvgIpc) is 3.10. The molecule has 0 amide bonds. The van der Waals surface area contributed by atoms with Gasteiger partial charge in [-0.3, -0.25) is 5.10 Å². The molecule has 0 saturated heterocycles. The minimum atomic E-state index is -3.73. The zero-order chi connectivity index (χ0) is 15.3. The summed E-state index contributed by atoms with van der Waals surface area (Å²) < 4.78 is 32.2. The Morgan fingerprint density at radius 1 is 1.43 bits per heavy atom. The average molecular weight is 313 g/mol. The smallest absolute Gasteiger partial charge is 0.274 e. The van der Waals surface area contributed by atoms with Gasteiger partial charge >= 0.3 is 0 Å². The second-order valence-corrected chi connectivity index (χ2v) is 6.26. The molecule has 116 valence electrons. The number of H-pyrrole nitrogens is 1. The molecule has 0 aromatic carbocycles. The van der Waals surface area contributed by atoms with Gasteiger partial charge in [0, 0.05) is 0 Å². The van der Waals surface area contributed by atoms with E-state index in [1.807, 2.05) is 0 Å². The third kappa shape index (κ3) is 4.13. The number of hydrogen-bond donors (Lipinski definition) is 3. The number of aromatic amines is 1. The highest BCUT2D eigenvalue weighted by molar-refractivity contribution is 7.89.